The number of halogens is 1. The molecule has 1 aromatic carbocycles. The second-order valence-corrected chi connectivity index (χ2v) is 4.06. The SMILES string of the molecule is N[C@H]1CCCC[C@H]1Oc1ccc(F)cc1. The third-order valence-corrected chi connectivity index (χ3v) is 2.85. The molecule has 1 saturated carbocycles. The van der Waals surface area contributed by atoms with Gasteiger partial charge >= 0.3 is 0 Å². The van der Waals surface area contributed by atoms with E-state index in [4.69, 9.17) is 10.5 Å². The summed E-state index contributed by atoms with van der Waals surface area (Å²) in [4.78, 5) is 0. The number of benzene rings is 1. The lowest BCUT2D eigenvalue weighted by Crippen LogP contribution is -2.41. The summed E-state index contributed by atoms with van der Waals surface area (Å²) >= 11 is 0. The van der Waals surface area contributed by atoms with Crippen molar-refractivity contribution in [2.45, 2.75) is 37.8 Å². The maximum atomic E-state index is 12.7. The highest BCUT2D eigenvalue weighted by molar-refractivity contribution is 5.22. The smallest absolute Gasteiger partial charge is 0.123 e. The number of rotatable bonds is 2. The van der Waals surface area contributed by atoms with Crippen LogP contribution in [0.15, 0.2) is 24.3 Å². The van der Waals surface area contributed by atoms with E-state index in [-0.39, 0.29) is 18.0 Å². The van der Waals surface area contributed by atoms with Gasteiger partial charge in [0, 0.05) is 6.04 Å². The first-order valence-corrected chi connectivity index (χ1v) is 5.43. The molecule has 0 aliphatic heterocycles. The van der Waals surface area contributed by atoms with Crippen LogP contribution in [0.2, 0.25) is 0 Å². The molecule has 2 atom stereocenters. The lowest BCUT2D eigenvalue weighted by Gasteiger charge is -2.29. The largest absolute Gasteiger partial charge is 0.489 e. The molecule has 0 bridgehead atoms. The molecule has 2 nitrogen and oxygen atoms in total. The molecule has 1 aromatic rings. The Morgan fingerprint density at radius 2 is 1.80 bits per heavy atom. The van der Waals surface area contributed by atoms with Crippen LogP contribution in [0.4, 0.5) is 4.39 Å². The average Bonchev–Trinajstić information content (AvgIpc) is 2.25. The summed E-state index contributed by atoms with van der Waals surface area (Å²) in [6, 6.07) is 6.23. The van der Waals surface area contributed by atoms with E-state index >= 15 is 0 Å². The van der Waals surface area contributed by atoms with E-state index in [2.05, 4.69) is 0 Å². The summed E-state index contributed by atoms with van der Waals surface area (Å²) in [7, 11) is 0. The second kappa shape index (κ2) is 4.62. The highest BCUT2D eigenvalue weighted by Gasteiger charge is 2.23. The lowest BCUT2D eigenvalue weighted by atomic mass is 9.93. The van der Waals surface area contributed by atoms with E-state index < -0.39 is 0 Å². The molecule has 0 spiro atoms. The molecule has 0 radical (unpaired) electrons. The first-order chi connectivity index (χ1) is 7.25. The predicted octanol–water partition coefficient (Wildman–Crippen LogP) is 2.47. The van der Waals surface area contributed by atoms with Crippen LogP contribution >= 0.6 is 0 Å². The van der Waals surface area contributed by atoms with Gasteiger partial charge in [0.1, 0.15) is 17.7 Å². The van der Waals surface area contributed by atoms with E-state index in [9.17, 15) is 4.39 Å². The molecule has 0 saturated heterocycles. The molecule has 0 unspecified atom stereocenters. The second-order valence-electron chi connectivity index (χ2n) is 4.06. The number of hydrogen-bond donors (Lipinski definition) is 1. The van der Waals surface area contributed by atoms with Crippen LogP contribution in [0.1, 0.15) is 25.7 Å². The fourth-order valence-electron chi connectivity index (χ4n) is 1.96. The summed E-state index contributed by atoms with van der Waals surface area (Å²) in [6.45, 7) is 0. The van der Waals surface area contributed by atoms with Gasteiger partial charge in [0.15, 0.2) is 0 Å². The molecule has 1 aliphatic rings. The molecular formula is C12H16FNO. The van der Waals surface area contributed by atoms with Crippen molar-refractivity contribution in [3.63, 3.8) is 0 Å². The molecule has 2 N–H and O–H groups in total. The quantitative estimate of drug-likeness (QED) is 0.812. The van der Waals surface area contributed by atoms with Gasteiger partial charge < -0.3 is 10.5 Å². The molecule has 0 amide bonds. The van der Waals surface area contributed by atoms with Crippen LogP contribution in [-0.2, 0) is 0 Å². The third-order valence-electron chi connectivity index (χ3n) is 2.85. The van der Waals surface area contributed by atoms with Crippen LogP contribution in [0.25, 0.3) is 0 Å². The van der Waals surface area contributed by atoms with Crippen molar-refractivity contribution in [3.8, 4) is 5.75 Å². The Morgan fingerprint density at radius 3 is 2.47 bits per heavy atom. The molecule has 15 heavy (non-hydrogen) atoms. The Morgan fingerprint density at radius 1 is 1.13 bits per heavy atom. The van der Waals surface area contributed by atoms with Crippen LogP contribution in [0.3, 0.4) is 0 Å². The zero-order valence-corrected chi connectivity index (χ0v) is 8.66. The van der Waals surface area contributed by atoms with E-state index in [1.807, 2.05) is 0 Å². The van der Waals surface area contributed by atoms with Crippen LogP contribution in [0, 0.1) is 5.82 Å². The van der Waals surface area contributed by atoms with Crippen molar-refractivity contribution in [3.05, 3.63) is 30.1 Å². The van der Waals surface area contributed by atoms with Gasteiger partial charge in [-0.25, -0.2) is 4.39 Å². The maximum Gasteiger partial charge on any atom is 0.123 e. The molecule has 0 heterocycles. The van der Waals surface area contributed by atoms with Crippen molar-refractivity contribution in [1.29, 1.82) is 0 Å². The monoisotopic (exact) mass is 209 g/mol. The average molecular weight is 209 g/mol. The van der Waals surface area contributed by atoms with Crippen molar-refractivity contribution in [2.75, 3.05) is 0 Å². The molecule has 3 heteroatoms. The normalized spacial score (nSPS) is 26.3. The van der Waals surface area contributed by atoms with Crippen molar-refractivity contribution in [2.24, 2.45) is 5.73 Å². The van der Waals surface area contributed by atoms with Gasteiger partial charge in [-0.3, -0.25) is 0 Å². The highest BCUT2D eigenvalue weighted by atomic mass is 19.1. The summed E-state index contributed by atoms with van der Waals surface area (Å²) in [5, 5.41) is 0. The van der Waals surface area contributed by atoms with Crippen molar-refractivity contribution >= 4 is 0 Å². The van der Waals surface area contributed by atoms with Gasteiger partial charge in [0.2, 0.25) is 0 Å². The van der Waals surface area contributed by atoms with Gasteiger partial charge in [-0.05, 0) is 43.5 Å². The number of ether oxygens (including phenoxy) is 1. The molecule has 1 fully saturated rings. The Hall–Kier alpha value is -1.09. The van der Waals surface area contributed by atoms with E-state index in [0.29, 0.717) is 5.75 Å². The van der Waals surface area contributed by atoms with Crippen LogP contribution in [-0.4, -0.2) is 12.1 Å². The standard InChI is InChI=1S/C12H16FNO/c13-9-5-7-10(8-6-9)15-12-4-2-1-3-11(12)14/h5-8,11-12H,1-4,14H2/t11-,12+/m0/s1. The van der Waals surface area contributed by atoms with E-state index in [0.717, 1.165) is 12.8 Å². The Kier molecular flexibility index (Phi) is 3.21. The predicted molar refractivity (Wildman–Crippen MR) is 57.3 cm³/mol. The topological polar surface area (TPSA) is 35.2 Å². The summed E-state index contributed by atoms with van der Waals surface area (Å²) in [6.07, 6.45) is 4.46. The zero-order valence-electron chi connectivity index (χ0n) is 8.66. The maximum absolute atomic E-state index is 12.7. The summed E-state index contributed by atoms with van der Waals surface area (Å²) < 4.78 is 18.4. The molecule has 0 aromatic heterocycles. The van der Waals surface area contributed by atoms with Gasteiger partial charge in [0.25, 0.3) is 0 Å². The van der Waals surface area contributed by atoms with Gasteiger partial charge in [-0.2, -0.15) is 0 Å². The summed E-state index contributed by atoms with van der Waals surface area (Å²) in [5.74, 6) is 0.467. The van der Waals surface area contributed by atoms with E-state index in [1.165, 1.54) is 25.0 Å². The summed E-state index contributed by atoms with van der Waals surface area (Å²) in [5.41, 5.74) is 5.96. The number of nitrogens with two attached hydrogens (primary N) is 1. The van der Waals surface area contributed by atoms with Gasteiger partial charge in [-0.1, -0.05) is 6.42 Å². The first-order valence-electron chi connectivity index (χ1n) is 5.43. The van der Waals surface area contributed by atoms with E-state index in [1.54, 1.807) is 12.1 Å². The lowest BCUT2D eigenvalue weighted by molar-refractivity contribution is 0.132. The third kappa shape index (κ3) is 2.69. The highest BCUT2D eigenvalue weighted by Crippen LogP contribution is 2.22. The molecule has 82 valence electrons. The van der Waals surface area contributed by atoms with Gasteiger partial charge in [-0.15, -0.1) is 0 Å². The fourth-order valence-corrected chi connectivity index (χ4v) is 1.96. The van der Waals surface area contributed by atoms with Crippen LogP contribution < -0.4 is 10.5 Å². The molecular weight excluding hydrogens is 193 g/mol. The molecule has 1 aliphatic carbocycles. The minimum atomic E-state index is -0.240. The number of hydrogen-bond acceptors (Lipinski definition) is 2. The van der Waals surface area contributed by atoms with Crippen LogP contribution in [0.5, 0.6) is 5.75 Å². The van der Waals surface area contributed by atoms with Crippen molar-refractivity contribution < 1.29 is 9.13 Å². The van der Waals surface area contributed by atoms with Crippen molar-refractivity contribution in [1.82, 2.24) is 0 Å². The van der Waals surface area contributed by atoms with Gasteiger partial charge in [0.05, 0.1) is 0 Å². The fraction of sp³-hybridized carbons (Fsp3) is 0.500. The Balaban J connectivity index is 1.98. The molecule has 2 rings (SSSR count). The minimum Gasteiger partial charge on any atom is -0.489 e. The zero-order chi connectivity index (χ0) is 10.7. The minimum absolute atomic E-state index is 0.0872. The first kappa shape index (κ1) is 10.4. The Labute approximate surface area is 89.2 Å². The Bertz CT molecular complexity index is 312.